The molecule has 2 amide bonds. The van der Waals surface area contributed by atoms with E-state index in [0.29, 0.717) is 25.5 Å². The van der Waals surface area contributed by atoms with Crippen LogP contribution in [0.25, 0.3) is 0 Å². The third-order valence-electron chi connectivity index (χ3n) is 4.55. The van der Waals surface area contributed by atoms with Crippen LogP contribution >= 0.6 is 0 Å². The molecule has 1 aliphatic heterocycles. The number of methoxy groups -OCH3 is 1. The molecule has 1 aromatic heterocycles. The quantitative estimate of drug-likeness (QED) is 0.863. The van der Waals surface area contributed by atoms with Gasteiger partial charge in [0.05, 0.1) is 13.0 Å². The summed E-state index contributed by atoms with van der Waals surface area (Å²) in [5, 5.41) is 2.90. The average Bonchev–Trinajstić information content (AvgIpc) is 3.02. The van der Waals surface area contributed by atoms with Crippen molar-refractivity contribution in [3.05, 3.63) is 59.3 Å². The van der Waals surface area contributed by atoms with E-state index in [0.717, 1.165) is 11.1 Å². The highest BCUT2D eigenvalue weighted by molar-refractivity contribution is 5.89. The predicted octanol–water partition coefficient (Wildman–Crippen LogP) is 2.06. The van der Waals surface area contributed by atoms with Gasteiger partial charge in [-0.3, -0.25) is 9.59 Å². The number of likely N-dealkylation sites (tertiary alicyclic amines) is 1. The molecule has 1 N–H and O–H groups in total. The van der Waals surface area contributed by atoms with Crippen LogP contribution in [0.5, 0.6) is 5.88 Å². The molecule has 6 nitrogen and oxygen atoms in total. The van der Waals surface area contributed by atoms with Gasteiger partial charge in [-0.05, 0) is 24.1 Å². The second-order valence-electron chi connectivity index (χ2n) is 6.59. The standard InChI is InChI=1S/C20H23N3O3/c1-14-3-5-15(6-4-14)12-23-13-17(10-19(23)24)20(25)22-11-16-7-8-21-18(9-16)26-2/h3-9,17H,10-13H2,1-2H3,(H,22,25)/t17-/m0/s1. The molecule has 1 saturated heterocycles. The van der Waals surface area contributed by atoms with E-state index in [-0.39, 0.29) is 24.2 Å². The van der Waals surface area contributed by atoms with Crippen LogP contribution in [0.2, 0.25) is 0 Å². The number of amides is 2. The SMILES string of the molecule is COc1cc(CNC(=O)[C@H]2CC(=O)N(Cc3ccc(C)cc3)C2)ccn1. The van der Waals surface area contributed by atoms with Gasteiger partial charge in [-0.25, -0.2) is 4.98 Å². The molecule has 0 aliphatic carbocycles. The molecule has 0 spiro atoms. The third-order valence-corrected chi connectivity index (χ3v) is 4.55. The molecule has 0 unspecified atom stereocenters. The Hall–Kier alpha value is -2.89. The molecule has 0 saturated carbocycles. The number of nitrogens with zero attached hydrogens (tertiary/aromatic N) is 2. The van der Waals surface area contributed by atoms with E-state index in [9.17, 15) is 9.59 Å². The first-order chi connectivity index (χ1) is 12.5. The smallest absolute Gasteiger partial charge is 0.225 e. The number of hydrogen-bond donors (Lipinski definition) is 1. The number of pyridine rings is 1. The zero-order valence-electron chi connectivity index (χ0n) is 15.1. The van der Waals surface area contributed by atoms with Crippen LogP contribution in [0, 0.1) is 12.8 Å². The van der Waals surface area contributed by atoms with Crippen LogP contribution < -0.4 is 10.1 Å². The van der Waals surface area contributed by atoms with Gasteiger partial charge in [0.2, 0.25) is 17.7 Å². The fourth-order valence-electron chi connectivity index (χ4n) is 3.02. The lowest BCUT2D eigenvalue weighted by atomic mass is 10.1. The van der Waals surface area contributed by atoms with Gasteiger partial charge in [-0.1, -0.05) is 29.8 Å². The van der Waals surface area contributed by atoms with Crippen LogP contribution in [0.15, 0.2) is 42.6 Å². The Morgan fingerprint density at radius 3 is 2.77 bits per heavy atom. The van der Waals surface area contributed by atoms with E-state index < -0.39 is 0 Å². The van der Waals surface area contributed by atoms with Crippen molar-refractivity contribution in [3.63, 3.8) is 0 Å². The number of rotatable bonds is 6. The Bertz CT molecular complexity index is 789. The zero-order valence-corrected chi connectivity index (χ0v) is 15.1. The summed E-state index contributed by atoms with van der Waals surface area (Å²) in [4.78, 5) is 30.5. The Kier molecular flexibility index (Phi) is 5.51. The number of carbonyl (C=O) groups is 2. The van der Waals surface area contributed by atoms with Gasteiger partial charge in [-0.15, -0.1) is 0 Å². The average molecular weight is 353 g/mol. The molecule has 1 aliphatic rings. The molecule has 2 aromatic rings. The first kappa shape index (κ1) is 17.9. The van der Waals surface area contributed by atoms with Crippen molar-refractivity contribution in [1.29, 1.82) is 0 Å². The summed E-state index contributed by atoms with van der Waals surface area (Å²) in [5.74, 6) is 0.130. The number of ether oxygens (including phenoxy) is 1. The minimum absolute atomic E-state index is 0.0244. The minimum atomic E-state index is -0.309. The van der Waals surface area contributed by atoms with Crippen molar-refractivity contribution in [3.8, 4) is 5.88 Å². The van der Waals surface area contributed by atoms with Crippen molar-refractivity contribution >= 4 is 11.8 Å². The summed E-state index contributed by atoms with van der Waals surface area (Å²) in [5.41, 5.74) is 3.17. The predicted molar refractivity (Wildman–Crippen MR) is 97.3 cm³/mol. The van der Waals surface area contributed by atoms with Crippen molar-refractivity contribution in [2.24, 2.45) is 5.92 Å². The molecule has 0 radical (unpaired) electrons. The van der Waals surface area contributed by atoms with Gasteiger partial charge in [0.1, 0.15) is 0 Å². The Morgan fingerprint density at radius 2 is 2.04 bits per heavy atom. The third kappa shape index (κ3) is 4.39. The number of hydrogen-bond acceptors (Lipinski definition) is 4. The molecule has 2 heterocycles. The van der Waals surface area contributed by atoms with E-state index in [4.69, 9.17) is 4.74 Å². The summed E-state index contributed by atoms with van der Waals surface area (Å²) in [6.45, 7) is 3.42. The fraction of sp³-hybridized carbons (Fsp3) is 0.350. The fourth-order valence-corrected chi connectivity index (χ4v) is 3.02. The molecule has 3 rings (SSSR count). The first-order valence-electron chi connectivity index (χ1n) is 8.65. The topological polar surface area (TPSA) is 71.5 Å². The maximum Gasteiger partial charge on any atom is 0.225 e. The van der Waals surface area contributed by atoms with E-state index >= 15 is 0 Å². The van der Waals surface area contributed by atoms with Crippen molar-refractivity contribution in [2.45, 2.75) is 26.4 Å². The number of carbonyl (C=O) groups excluding carboxylic acids is 2. The van der Waals surface area contributed by atoms with Gasteiger partial charge in [0.25, 0.3) is 0 Å². The molecular formula is C20H23N3O3. The highest BCUT2D eigenvalue weighted by atomic mass is 16.5. The Labute approximate surface area is 153 Å². The lowest BCUT2D eigenvalue weighted by Gasteiger charge is -2.17. The van der Waals surface area contributed by atoms with Gasteiger partial charge >= 0.3 is 0 Å². The van der Waals surface area contributed by atoms with Crippen LogP contribution in [0.4, 0.5) is 0 Å². The Morgan fingerprint density at radius 1 is 1.27 bits per heavy atom. The highest BCUT2D eigenvalue weighted by Gasteiger charge is 2.34. The van der Waals surface area contributed by atoms with E-state index in [1.165, 1.54) is 5.56 Å². The van der Waals surface area contributed by atoms with Gasteiger partial charge in [0, 0.05) is 38.3 Å². The van der Waals surface area contributed by atoms with Crippen LogP contribution in [0.1, 0.15) is 23.1 Å². The van der Waals surface area contributed by atoms with Gasteiger partial charge < -0.3 is 15.0 Å². The number of nitrogens with one attached hydrogen (secondary N) is 1. The molecule has 136 valence electrons. The first-order valence-corrected chi connectivity index (χ1v) is 8.65. The maximum absolute atomic E-state index is 12.4. The molecule has 1 atom stereocenters. The molecule has 1 aromatic carbocycles. The molecular weight excluding hydrogens is 330 g/mol. The second kappa shape index (κ2) is 7.99. The number of benzene rings is 1. The monoisotopic (exact) mass is 353 g/mol. The summed E-state index contributed by atoms with van der Waals surface area (Å²) in [6.07, 6.45) is 1.90. The van der Waals surface area contributed by atoms with Gasteiger partial charge in [-0.2, -0.15) is 0 Å². The van der Waals surface area contributed by atoms with E-state index in [1.54, 1.807) is 24.3 Å². The lowest BCUT2D eigenvalue weighted by Crippen LogP contribution is -2.32. The van der Waals surface area contributed by atoms with Crippen LogP contribution in [0.3, 0.4) is 0 Å². The van der Waals surface area contributed by atoms with Crippen molar-refractivity contribution < 1.29 is 14.3 Å². The van der Waals surface area contributed by atoms with Crippen LogP contribution in [-0.4, -0.2) is 35.4 Å². The highest BCUT2D eigenvalue weighted by Crippen LogP contribution is 2.21. The van der Waals surface area contributed by atoms with Crippen molar-refractivity contribution in [1.82, 2.24) is 15.2 Å². The van der Waals surface area contributed by atoms with Crippen molar-refractivity contribution in [2.75, 3.05) is 13.7 Å². The van der Waals surface area contributed by atoms with E-state index in [1.807, 2.05) is 37.3 Å². The van der Waals surface area contributed by atoms with E-state index in [2.05, 4.69) is 10.3 Å². The minimum Gasteiger partial charge on any atom is -0.481 e. The van der Waals surface area contributed by atoms with Gasteiger partial charge in [0.15, 0.2) is 0 Å². The summed E-state index contributed by atoms with van der Waals surface area (Å²) < 4.78 is 5.08. The zero-order chi connectivity index (χ0) is 18.5. The lowest BCUT2D eigenvalue weighted by molar-refractivity contribution is -0.129. The Balaban J connectivity index is 1.53. The summed E-state index contributed by atoms with van der Waals surface area (Å²) in [7, 11) is 1.55. The molecule has 0 bridgehead atoms. The largest absolute Gasteiger partial charge is 0.481 e. The van der Waals surface area contributed by atoms with Crippen LogP contribution in [-0.2, 0) is 22.7 Å². The molecule has 1 fully saturated rings. The normalized spacial score (nSPS) is 16.6. The number of aromatic nitrogens is 1. The summed E-state index contributed by atoms with van der Waals surface area (Å²) in [6, 6.07) is 11.7. The number of aryl methyl sites for hydroxylation is 1. The molecule has 26 heavy (non-hydrogen) atoms. The maximum atomic E-state index is 12.4. The molecule has 6 heteroatoms. The summed E-state index contributed by atoms with van der Waals surface area (Å²) >= 11 is 0. The second-order valence-corrected chi connectivity index (χ2v) is 6.59.